The standard InChI is InChI=1S/C14H15IN2O/c1-3-17(4-2)14(18)11-9-13(15)16-12-8-6-5-7-10(11)12/h5-9H,3-4H2,1-2H3. The highest BCUT2D eigenvalue weighted by Gasteiger charge is 2.16. The van der Waals surface area contributed by atoms with Gasteiger partial charge >= 0.3 is 0 Å². The minimum Gasteiger partial charge on any atom is -0.339 e. The molecule has 0 radical (unpaired) electrons. The van der Waals surface area contributed by atoms with Gasteiger partial charge in [-0.3, -0.25) is 4.79 Å². The number of hydrogen-bond acceptors (Lipinski definition) is 2. The third-order valence-corrected chi connectivity index (χ3v) is 3.52. The number of rotatable bonds is 3. The summed E-state index contributed by atoms with van der Waals surface area (Å²) in [6, 6.07) is 9.64. The molecule has 0 aliphatic rings. The Morgan fingerprint density at radius 3 is 2.61 bits per heavy atom. The first kappa shape index (κ1) is 13.3. The maximum absolute atomic E-state index is 12.5. The van der Waals surface area contributed by atoms with Gasteiger partial charge in [-0.05, 0) is 48.6 Å². The Morgan fingerprint density at radius 2 is 1.94 bits per heavy atom. The van der Waals surface area contributed by atoms with Crippen molar-refractivity contribution in [2.45, 2.75) is 13.8 Å². The number of nitrogens with zero attached hydrogens (tertiary/aromatic N) is 2. The normalized spacial score (nSPS) is 10.6. The quantitative estimate of drug-likeness (QED) is 0.626. The topological polar surface area (TPSA) is 33.2 Å². The van der Waals surface area contributed by atoms with Crippen LogP contribution in [0, 0.1) is 3.70 Å². The lowest BCUT2D eigenvalue weighted by molar-refractivity contribution is 0.0775. The van der Waals surface area contributed by atoms with Crippen LogP contribution in [0.4, 0.5) is 0 Å². The van der Waals surface area contributed by atoms with Gasteiger partial charge < -0.3 is 4.90 Å². The van der Waals surface area contributed by atoms with Crippen LogP contribution >= 0.6 is 22.6 Å². The lowest BCUT2D eigenvalue weighted by atomic mass is 10.1. The number of carbonyl (C=O) groups excluding carboxylic acids is 1. The Labute approximate surface area is 120 Å². The van der Waals surface area contributed by atoms with Crippen molar-refractivity contribution in [3.05, 3.63) is 39.6 Å². The highest BCUT2D eigenvalue weighted by Crippen LogP contribution is 2.20. The number of hydrogen-bond donors (Lipinski definition) is 0. The van der Waals surface area contributed by atoms with Gasteiger partial charge in [0.05, 0.1) is 11.1 Å². The Hall–Kier alpha value is -1.17. The molecule has 0 aliphatic carbocycles. The van der Waals surface area contributed by atoms with Gasteiger partial charge in [0.15, 0.2) is 0 Å². The highest BCUT2D eigenvalue weighted by atomic mass is 127. The molecule has 2 aromatic rings. The summed E-state index contributed by atoms with van der Waals surface area (Å²) in [6.07, 6.45) is 0. The van der Waals surface area contributed by atoms with Gasteiger partial charge in [0.1, 0.15) is 3.70 Å². The fourth-order valence-corrected chi connectivity index (χ4v) is 2.57. The van der Waals surface area contributed by atoms with E-state index in [1.165, 1.54) is 0 Å². The molecule has 18 heavy (non-hydrogen) atoms. The number of aromatic nitrogens is 1. The number of fused-ring (bicyclic) bond motifs is 1. The molecule has 0 atom stereocenters. The van der Waals surface area contributed by atoms with E-state index < -0.39 is 0 Å². The van der Waals surface area contributed by atoms with E-state index in [2.05, 4.69) is 27.6 Å². The van der Waals surface area contributed by atoms with E-state index in [1.54, 1.807) is 0 Å². The van der Waals surface area contributed by atoms with E-state index in [9.17, 15) is 4.79 Å². The second kappa shape index (κ2) is 5.65. The minimum atomic E-state index is 0.0801. The number of para-hydroxylation sites is 1. The van der Waals surface area contributed by atoms with E-state index in [4.69, 9.17) is 0 Å². The molecule has 1 aromatic carbocycles. The maximum Gasteiger partial charge on any atom is 0.254 e. The molecule has 1 heterocycles. The van der Waals surface area contributed by atoms with Crippen LogP contribution in [0.1, 0.15) is 24.2 Å². The molecular weight excluding hydrogens is 339 g/mol. The van der Waals surface area contributed by atoms with Gasteiger partial charge in [0.2, 0.25) is 0 Å². The number of amides is 1. The second-order valence-corrected chi connectivity index (χ2v) is 5.09. The Morgan fingerprint density at radius 1 is 1.28 bits per heavy atom. The van der Waals surface area contributed by atoms with Gasteiger partial charge in [-0.1, -0.05) is 18.2 Å². The Balaban J connectivity index is 2.59. The Kier molecular flexibility index (Phi) is 4.16. The summed E-state index contributed by atoms with van der Waals surface area (Å²) in [5.74, 6) is 0.0801. The summed E-state index contributed by atoms with van der Waals surface area (Å²) in [7, 11) is 0. The van der Waals surface area contributed by atoms with Crippen molar-refractivity contribution in [2.24, 2.45) is 0 Å². The van der Waals surface area contributed by atoms with E-state index in [-0.39, 0.29) is 5.91 Å². The zero-order valence-corrected chi connectivity index (χ0v) is 12.6. The molecule has 2 rings (SSSR count). The highest BCUT2D eigenvalue weighted by molar-refractivity contribution is 14.1. The summed E-state index contributed by atoms with van der Waals surface area (Å²) in [5.41, 5.74) is 1.62. The number of benzene rings is 1. The summed E-state index contributed by atoms with van der Waals surface area (Å²) in [6.45, 7) is 5.44. The van der Waals surface area contributed by atoms with Crippen LogP contribution < -0.4 is 0 Å². The molecule has 0 spiro atoms. The fourth-order valence-electron chi connectivity index (χ4n) is 2.00. The van der Waals surface area contributed by atoms with Crippen molar-refractivity contribution >= 4 is 39.4 Å². The van der Waals surface area contributed by atoms with Crippen LogP contribution in [0.2, 0.25) is 0 Å². The third kappa shape index (κ3) is 2.48. The van der Waals surface area contributed by atoms with E-state index in [1.807, 2.05) is 49.1 Å². The van der Waals surface area contributed by atoms with Crippen molar-refractivity contribution in [2.75, 3.05) is 13.1 Å². The maximum atomic E-state index is 12.5. The van der Waals surface area contributed by atoms with Crippen molar-refractivity contribution in [3.8, 4) is 0 Å². The predicted molar refractivity (Wildman–Crippen MR) is 81.7 cm³/mol. The SMILES string of the molecule is CCN(CC)C(=O)c1cc(I)nc2ccccc12. The summed E-state index contributed by atoms with van der Waals surface area (Å²) in [5, 5.41) is 0.926. The van der Waals surface area contributed by atoms with Gasteiger partial charge in [0, 0.05) is 18.5 Å². The molecule has 0 fully saturated rings. The van der Waals surface area contributed by atoms with E-state index in [0.29, 0.717) is 0 Å². The lowest BCUT2D eigenvalue weighted by Crippen LogP contribution is -2.30. The Bertz CT molecular complexity index is 579. The van der Waals surface area contributed by atoms with Gasteiger partial charge in [0.25, 0.3) is 5.91 Å². The molecule has 1 amide bonds. The first-order chi connectivity index (χ1) is 8.67. The average Bonchev–Trinajstić information content (AvgIpc) is 2.39. The zero-order chi connectivity index (χ0) is 13.1. The van der Waals surface area contributed by atoms with Crippen LogP contribution in [-0.2, 0) is 0 Å². The average molecular weight is 354 g/mol. The molecule has 0 N–H and O–H groups in total. The largest absolute Gasteiger partial charge is 0.339 e. The number of pyridine rings is 1. The summed E-state index contributed by atoms with van der Waals surface area (Å²) < 4.78 is 0.849. The molecule has 1 aromatic heterocycles. The third-order valence-electron chi connectivity index (χ3n) is 2.97. The fraction of sp³-hybridized carbons (Fsp3) is 0.286. The molecule has 3 nitrogen and oxygen atoms in total. The van der Waals surface area contributed by atoms with Gasteiger partial charge in [-0.15, -0.1) is 0 Å². The molecule has 0 saturated carbocycles. The van der Waals surface area contributed by atoms with Crippen LogP contribution in [0.5, 0.6) is 0 Å². The lowest BCUT2D eigenvalue weighted by Gasteiger charge is -2.19. The van der Waals surface area contributed by atoms with Crippen LogP contribution in [0.15, 0.2) is 30.3 Å². The molecule has 0 bridgehead atoms. The van der Waals surface area contributed by atoms with Gasteiger partial charge in [-0.25, -0.2) is 4.98 Å². The van der Waals surface area contributed by atoms with E-state index in [0.717, 1.165) is 33.3 Å². The second-order valence-electron chi connectivity index (χ2n) is 3.99. The molecule has 94 valence electrons. The summed E-state index contributed by atoms with van der Waals surface area (Å²) >= 11 is 2.15. The van der Waals surface area contributed by atoms with E-state index >= 15 is 0 Å². The van der Waals surface area contributed by atoms with Crippen molar-refractivity contribution in [1.82, 2.24) is 9.88 Å². The minimum absolute atomic E-state index is 0.0801. The van der Waals surface area contributed by atoms with Crippen LogP contribution in [-0.4, -0.2) is 28.9 Å². The zero-order valence-electron chi connectivity index (χ0n) is 10.5. The molecule has 0 saturated heterocycles. The van der Waals surface area contributed by atoms with Gasteiger partial charge in [-0.2, -0.15) is 0 Å². The monoisotopic (exact) mass is 354 g/mol. The molecule has 4 heteroatoms. The first-order valence-electron chi connectivity index (χ1n) is 6.02. The van der Waals surface area contributed by atoms with Crippen LogP contribution in [0.3, 0.4) is 0 Å². The molecule has 0 aliphatic heterocycles. The first-order valence-corrected chi connectivity index (χ1v) is 7.09. The van der Waals surface area contributed by atoms with Crippen LogP contribution in [0.25, 0.3) is 10.9 Å². The van der Waals surface area contributed by atoms with Crippen molar-refractivity contribution < 1.29 is 4.79 Å². The number of carbonyl (C=O) groups is 1. The summed E-state index contributed by atoms with van der Waals surface area (Å²) in [4.78, 5) is 18.7. The van der Waals surface area contributed by atoms with Crippen molar-refractivity contribution in [1.29, 1.82) is 0 Å². The molecular formula is C14H15IN2O. The number of halogens is 1. The van der Waals surface area contributed by atoms with Crippen molar-refractivity contribution in [3.63, 3.8) is 0 Å². The smallest absolute Gasteiger partial charge is 0.254 e. The predicted octanol–water partition coefficient (Wildman–Crippen LogP) is 3.32. The molecule has 0 unspecified atom stereocenters.